The third kappa shape index (κ3) is 3.31. The first kappa shape index (κ1) is 17.0. The van der Waals surface area contributed by atoms with Gasteiger partial charge in [-0.1, -0.05) is 36.4 Å². The van der Waals surface area contributed by atoms with Gasteiger partial charge in [0.2, 0.25) is 5.91 Å². The second-order valence-electron chi connectivity index (χ2n) is 7.56. The molecule has 26 heavy (non-hydrogen) atoms. The van der Waals surface area contributed by atoms with Crippen LogP contribution in [0.25, 0.3) is 0 Å². The number of carbonyl (C=O) groups excluding carboxylic acids is 1. The molecule has 1 amide bonds. The van der Waals surface area contributed by atoms with Crippen LogP contribution in [-0.4, -0.2) is 42.5 Å². The number of amides is 1. The smallest absolute Gasteiger partial charge is 0.217 e. The molecule has 0 unspecified atom stereocenters. The van der Waals surface area contributed by atoms with E-state index in [1.807, 2.05) is 6.20 Å². The first-order valence-corrected chi connectivity index (χ1v) is 9.31. The summed E-state index contributed by atoms with van der Waals surface area (Å²) in [6, 6.07) is 15.5. The molecule has 5 nitrogen and oxygen atoms in total. The molecule has 0 saturated carbocycles. The van der Waals surface area contributed by atoms with Gasteiger partial charge in [0.1, 0.15) is 5.82 Å². The molecule has 1 N–H and O–H groups in total. The van der Waals surface area contributed by atoms with E-state index in [0.29, 0.717) is 24.4 Å². The highest BCUT2D eigenvalue weighted by molar-refractivity contribution is 5.72. The summed E-state index contributed by atoms with van der Waals surface area (Å²) >= 11 is 0. The van der Waals surface area contributed by atoms with Gasteiger partial charge in [-0.15, -0.1) is 0 Å². The van der Waals surface area contributed by atoms with Crippen LogP contribution in [0.15, 0.2) is 48.7 Å². The molecule has 2 aliphatic heterocycles. The maximum absolute atomic E-state index is 11.0. The predicted octanol–water partition coefficient (Wildman–Crippen LogP) is 2.46. The monoisotopic (exact) mass is 350 g/mol. The van der Waals surface area contributed by atoms with Crippen LogP contribution in [0.5, 0.6) is 0 Å². The number of carbonyl (C=O) groups is 1. The Balaban J connectivity index is 1.46. The molecule has 1 aromatic heterocycles. The zero-order valence-corrected chi connectivity index (χ0v) is 15.4. The summed E-state index contributed by atoms with van der Waals surface area (Å²) in [5.41, 5.74) is 2.45. The molecule has 4 rings (SSSR count). The second kappa shape index (κ2) is 7.08. The number of pyridine rings is 1. The predicted molar refractivity (Wildman–Crippen MR) is 103 cm³/mol. The fourth-order valence-electron chi connectivity index (χ4n) is 4.53. The van der Waals surface area contributed by atoms with Crippen LogP contribution in [0, 0.1) is 11.8 Å². The summed E-state index contributed by atoms with van der Waals surface area (Å²) < 4.78 is 0. The Hall–Kier alpha value is -2.40. The summed E-state index contributed by atoms with van der Waals surface area (Å²) in [4.78, 5) is 20.6. The summed E-state index contributed by atoms with van der Waals surface area (Å²) in [6.07, 6.45) is 1.88. The lowest BCUT2D eigenvalue weighted by Crippen LogP contribution is -2.29. The first-order valence-electron chi connectivity index (χ1n) is 9.31. The molecule has 1 aromatic carbocycles. The van der Waals surface area contributed by atoms with Crippen molar-refractivity contribution in [1.29, 1.82) is 0 Å². The van der Waals surface area contributed by atoms with E-state index in [0.717, 1.165) is 31.0 Å². The maximum Gasteiger partial charge on any atom is 0.217 e. The highest BCUT2D eigenvalue weighted by atomic mass is 16.1. The number of anilines is 1. The maximum atomic E-state index is 11.0. The van der Waals surface area contributed by atoms with Gasteiger partial charge in [-0.05, 0) is 30.2 Å². The van der Waals surface area contributed by atoms with Crippen molar-refractivity contribution < 1.29 is 4.79 Å². The van der Waals surface area contributed by atoms with Crippen LogP contribution in [-0.2, 0) is 11.3 Å². The van der Waals surface area contributed by atoms with E-state index in [1.54, 1.807) is 0 Å². The molecule has 0 spiro atoms. The van der Waals surface area contributed by atoms with Gasteiger partial charge in [-0.25, -0.2) is 4.98 Å². The largest absolute Gasteiger partial charge is 0.356 e. The highest BCUT2D eigenvalue weighted by Crippen LogP contribution is 2.44. The summed E-state index contributed by atoms with van der Waals surface area (Å²) in [7, 11) is 2.25. The van der Waals surface area contributed by atoms with Gasteiger partial charge in [0, 0.05) is 51.3 Å². The molecule has 0 radical (unpaired) electrons. The van der Waals surface area contributed by atoms with Crippen molar-refractivity contribution in [3.05, 3.63) is 59.8 Å². The minimum absolute atomic E-state index is 0.0162. The molecule has 2 aliphatic rings. The normalized spacial score (nSPS) is 25.3. The topological polar surface area (TPSA) is 48.5 Å². The number of likely N-dealkylation sites (tertiary alicyclic amines) is 1. The van der Waals surface area contributed by atoms with Gasteiger partial charge in [-0.3, -0.25) is 9.69 Å². The molecule has 0 aliphatic carbocycles. The van der Waals surface area contributed by atoms with Crippen LogP contribution >= 0.6 is 0 Å². The fraction of sp³-hybridized carbons (Fsp3) is 0.429. The molecule has 0 bridgehead atoms. The Morgan fingerprint density at radius 2 is 1.96 bits per heavy atom. The van der Waals surface area contributed by atoms with Crippen molar-refractivity contribution in [2.75, 3.05) is 31.6 Å². The van der Waals surface area contributed by atoms with E-state index in [-0.39, 0.29) is 5.91 Å². The van der Waals surface area contributed by atoms with E-state index >= 15 is 0 Å². The van der Waals surface area contributed by atoms with Gasteiger partial charge in [0.05, 0.1) is 0 Å². The van der Waals surface area contributed by atoms with Crippen molar-refractivity contribution in [2.45, 2.75) is 19.5 Å². The van der Waals surface area contributed by atoms with Crippen molar-refractivity contribution in [3.8, 4) is 0 Å². The number of fused-ring (bicyclic) bond motifs is 1. The first-order chi connectivity index (χ1) is 12.6. The molecule has 3 heterocycles. The molecule has 2 aromatic rings. The van der Waals surface area contributed by atoms with E-state index in [2.05, 4.69) is 69.6 Å². The van der Waals surface area contributed by atoms with Gasteiger partial charge >= 0.3 is 0 Å². The van der Waals surface area contributed by atoms with Crippen LogP contribution in [0.3, 0.4) is 0 Å². The third-order valence-electron chi connectivity index (χ3n) is 5.71. The van der Waals surface area contributed by atoms with Crippen LogP contribution in [0.1, 0.15) is 24.1 Å². The highest BCUT2D eigenvalue weighted by Gasteiger charge is 2.46. The lowest BCUT2D eigenvalue weighted by molar-refractivity contribution is -0.119. The minimum Gasteiger partial charge on any atom is -0.356 e. The van der Waals surface area contributed by atoms with Gasteiger partial charge in [0.15, 0.2) is 0 Å². The Morgan fingerprint density at radius 1 is 1.15 bits per heavy atom. The van der Waals surface area contributed by atoms with Crippen molar-refractivity contribution in [2.24, 2.45) is 11.8 Å². The molecule has 136 valence electrons. The fourth-order valence-corrected chi connectivity index (χ4v) is 4.53. The van der Waals surface area contributed by atoms with Crippen molar-refractivity contribution >= 4 is 11.7 Å². The Bertz CT molecular complexity index is 761. The number of rotatable bonds is 4. The summed E-state index contributed by atoms with van der Waals surface area (Å²) in [5.74, 6) is 2.35. The summed E-state index contributed by atoms with van der Waals surface area (Å²) in [6.45, 7) is 5.32. The number of nitrogens with one attached hydrogen (secondary N) is 1. The van der Waals surface area contributed by atoms with E-state index < -0.39 is 0 Å². The lowest BCUT2D eigenvalue weighted by atomic mass is 9.90. The Labute approximate surface area is 155 Å². The minimum atomic E-state index is -0.0162. The van der Waals surface area contributed by atoms with E-state index in [1.165, 1.54) is 12.5 Å². The Kier molecular flexibility index (Phi) is 4.64. The Morgan fingerprint density at radius 3 is 2.65 bits per heavy atom. The van der Waals surface area contributed by atoms with Crippen molar-refractivity contribution in [3.63, 3.8) is 0 Å². The average Bonchev–Trinajstić information content (AvgIpc) is 3.17. The van der Waals surface area contributed by atoms with Crippen LogP contribution in [0.2, 0.25) is 0 Å². The van der Waals surface area contributed by atoms with Crippen LogP contribution in [0.4, 0.5) is 5.82 Å². The van der Waals surface area contributed by atoms with E-state index in [9.17, 15) is 4.79 Å². The number of hydrogen-bond acceptors (Lipinski definition) is 4. The lowest BCUT2D eigenvalue weighted by Gasteiger charge is -2.27. The third-order valence-corrected chi connectivity index (χ3v) is 5.71. The van der Waals surface area contributed by atoms with Gasteiger partial charge in [-0.2, -0.15) is 0 Å². The number of nitrogens with zero attached hydrogens (tertiary/aromatic N) is 3. The van der Waals surface area contributed by atoms with Gasteiger partial charge in [0.25, 0.3) is 0 Å². The molecule has 2 fully saturated rings. The molecule has 3 atom stereocenters. The number of hydrogen-bond donors (Lipinski definition) is 1. The number of aromatic nitrogens is 1. The number of benzene rings is 1. The molecule has 5 heteroatoms. The molecular weight excluding hydrogens is 324 g/mol. The van der Waals surface area contributed by atoms with Crippen molar-refractivity contribution in [1.82, 2.24) is 15.2 Å². The van der Waals surface area contributed by atoms with E-state index in [4.69, 9.17) is 0 Å². The SMILES string of the molecule is CC(=O)NCc1ccc(N2C[C@@H]3CN(C)[C@@H](c4ccccc4)[C@@H]3C2)nc1. The quantitative estimate of drug-likeness (QED) is 0.920. The zero-order valence-electron chi connectivity index (χ0n) is 15.4. The molecule has 2 saturated heterocycles. The summed E-state index contributed by atoms with van der Waals surface area (Å²) in [5, 5.41) is 2.81. The zero-order chi connectivity index (χ0) is 18.1. The average molecular weight is 350 g/mol. The van der Waals surface area contributed by atoms with Gasteiger partial charge < -0.3 is 10.2 Å². The second-order valence-corrected chi connectivity index (χ2v) is 7.56. The standard InChI is InChI=1S/C21H26N4O/c1-15(26)22-10-16-8-9-20(23-11-16)25-13-18-12-24(2)21(19(18)14-25)17-6-4-3-5-7-17/h3-9,11,18-19,21H,10,12-14H2,1-2H3,(H,22,26)/t18-,19+,21-/m0/s1. The van der Waals surface area contributed by atoms with Crippen LogP contribution < -0.4 is 10.2 Å². The molecular formula is C21H26N4O.